The predicted molar refractivity (Wildman–Crippen MR) is 102 cm³/mol. The Morgan fingerprint density at radius 3 is 2.64 bits per heavy atom. The summed E-state index contributed by atoms with van der Waals surface area (Å²) < 4.78 is 0. The first-order valence-corrected chi connectivity index (χ1v) is 9.40. The number of aromatic amines is 1. The molecule has 5 heteroatoms. The van der Waals surface area contributed by atoms with Gasteiger partial charge in [0.25, 0.3) is 0 Å². The molecule has 124 valence electrons. The van der Waals surface area contributed by atoms with E-state index in [9.17, 15) is 0 Å². The Hall–Kier alpha value is -2.50. The molecule has 25 heavy (non-hydrogen) atoms. The molecule has 2 aromatic heterocycles. The van der Waals surface area contributed by atoms with Crippen molar-refractivity contribution in [2.75, 3.05) is 13.1 Å². The second-order valence-corrected chi connectivity index (χ2v) is 7.40. The smallest absolute Gasteiger partial charge is 0.123 e. The van der Waals surface area contributed by atoms with Crippen molar-refractivity contribution in [3.63, 3.8) is 0 Å². The number of nitrogens with zero attached hydrogens (tertiary/aromatic N) is 3. The first kappa shape index (κ1) is 14.8. The van der Waals surface area contributed by atoms with Crippen LogP contribution in [-0.4, -0.2) is 32.9 Å². The van der Waals surface area contributed by atoms with E-state index in [1.807, 2.05) is 18.2 Å². The highest BCUT2D eigenvalue weighted by atomic mass is 32.1. The monoisotopic (exact) mass is 346 g/mol. The molecule has 1 saturated heterocycles. The fourth-order valence-electron chi connectivity index (χ4n) is 3.36. The summed E-state index contributed by atoms with van der Waals surface area (Å²) >= 11 is 1.72. The number of fused-ring (bicyclic) bond motifs is 1. The third-order valence-electron chi connectivity index (χ3n) is 4.71. The maximum Gasteiger partial charge on any atom is 0.123 e. The van der Waals surface area contributed by atoms with E-state index in [-0.39, 0.29) is 0 Å². The fourth-order valence-corrected chi connectivity index (χ4v) is 4.18. The molecule has 0 bridgehead atoms. The maximum atomic E-state index is 4.79. The Morgan fingerprint density at radius 1 is 1.00 bits per heavy atom. The zero-order valence-corrected chi connectivity index (χ0v) is 14.5. The van der Waals surface area contributed by atoms with Gasteiger partial charge in [-0.3, -0.25) is 4.90 Å². The normalized spacial score (nSPS) is 15.5. The average molecular weight is 346 g/mol. The van der Waals surface area contributed by atoms with E-state index < -0.39 is 0 Å². The van der Waals surface area contributed by atoms with Crippen LogP contribution in [0.15, 0.2) is 60.0 Å². The van der Waals surface area contributed by atoms with Crippen LogP contribution < -0.4 is 0 Å². The number of benzene rings is 2. The van der Waals surface area contributed by atoms with Crippen molar-refractivity contribution < 1.29 is 0 Å². The topological polar surface area (TPSA) is 44.8 Å². The highest BCUT2D eigenvalue weighted by Gasteiger charge is 2.30. The fraction of sp³-hybridized carbons (Fsp3) is 0.200. The van der Waals surface area contributed by atoms with Crippen molar-refractivity contribution in [2.45, 2.75) is 12.5 Å². The Bertz CT molecular complexity index is 966. The lowest BCUT2D eigenvalue weighted by molar-refractivity contribution is 0.134. The Kier molecular flexibility index (Phi) is 3.61. The van der Waals surface area contributed by atoms with Crippen molar-refractivity contribution in [1.82, 2.24) is 19.9 Å². The van der Waals surface area contributed by atoms with Gasteiger partial charge in [0.05, 0.1) is 16.7 Å². The number of H-pyrrole nitrogens is 1. The van der Waals surface area contributed by atoms with Crippen LogP contribution in [0.3, 0.4) is 0 Å². The first-order valence-electron chi connectivity index (χ1n) is 8.52. The van der Waals surface area contributed by atoms with Gasteiger partial charge in [0, 0.05) is 36.5 Å². The molecular weight excluding hydrogens is 328 g/mol. The summed E-state index contributed by atoms with van der Waals surface area (Å²) in [7, 11) is 0. The molecular formula is C20H18N4S. The van der Waals surface area contributed by atoms with Crippen molar-refractivity contribution in [1.29, 1.82) is 0 Å². The quantitative estimate of drug-likeness (QED) is 0.600. The number of hydrogen-bond acceptors (Lipinski definition) is 4. The maximum absolute atomic E-state index is 4.79. The molecule has 1 aliphatic rings. The van der Waals surface area contributed by atoms with E-state index in [2.05, 4.69) is 51.7 Å². The van der Waals surface area contributed by atoms with Gasteiger partial charge in [0.2, 0.25) is 0 Å². The van der Waals surface area contributed by atoms with Crippen LogP contribution in [-0.2, 0) is 6.54 Å². The number of hydrogen-bond donors (Lipinski definition) is 1. The molecule has 1 fully saturated rings. The molecule has 0 amide bonds. The Labute approximate surface area is 150 Å². The van der Waals surface area contributed by atoms with Crippen molar-refractivity contribution in [2.24, 2.45) is 0 Å². The number of nitrogens with one attached hydrogen (secondary N) is 1. The highest BCUT2D eigenvalue weighted by Crippen LogP contribution is 2.29. The van der Waals surface area contributed by atoms with Crippen molar-refractivity contribution in [3.8, 4) is 10.6 Å². The summed E-state index contributed by atoms with van der Waals surface area (Å²) in [5.41, 5.74) is 4.54. The molecule has 0 atom stereocenters. The number of likely N-dealkylation sites (tertiary alicyclic amines) is 1. The van der Waals surface area contributed by atoms with Gasteiger partial charge in [0.1, 0.15) is 10.8 Å². The van der Waals surface area contributed by atoms with Gasteiger partial charge in [0.15, 0.2) is 0 Å². The zero-order chi connectivity index (χ0) is 16.6. The summed E-state index contributed by atoms with van der Waals surface area (Å²) in [6.07, 6.45) is 0. The highest BCUT2D eigenvalue weighted by molar-refractivity contribution is 7.13. The minimum atomic E-state index is 0.500. The number of para-hydroxylation sites is 2. The van der Waals surface area contributed by atoms with Gasteiger partial charge >= 0.3 is 0 Å². The van der Waals surface area contributed by atoms with Gasteiger partial charge in [-0.25, -0.2) is 9.97 Å². The number of aromatic nitrogens is 3. The van der Waals surface area contributed by atoms with E-state index in [4.69, 9.17) is 9.97 Å². The summed E-state index contributed by atoms with van der Waals surface area (Å²) in [6, 6.07) is 18.6. The third-order valence-corrected chi connectivity index (χ3v) is 5.65. The Balaban J connectivity index is 1.23. The van der Waals surface area contributed by atoms with Crippen LogP contribution in [0.5, 0.6) is 0 Å². The van der Waals surface area contributed by atoms with E-state index in [0.29, 0.717) is 5.92 Å². The van der Waals surface area contributed by atoms with E-state index in [0.717, 1.165) is 47.2 Å². The van der Waals surface area contributed by atoms with Crippen molar-refractivity contribution in [3.05, 3.63) is 71.5 Å². The van der Waals surface area contributed by atoms with Gasteiger partial charge < -0.3 is 4.98 Å². The SMILES string of the molecule is c1ccc(-c2nc(CN3CC(c4nc5ccccc5[nH]4)C3)cs2)cc1. The molecule has 4 nitrogen and oxygen atoms in total. The summed E-state index contributed by atoms with van der Waals surface area (Å²) in [5, 5.41) is 3.28. The van der Waals surface area contributed by atoms with E-state index in [1.165, 1.54) is 5.56 Å². The molecule has 0 unspecified atom stereocenters. The largest absolute Gasteiger partial charge is 0.342 e. The second kappa shape index (κ2) is 6.10. The third kappa shape index (κ3) is 2.86. The van der Waals surface area contributed by atoms with Gasteiger partial charge in [-0.1, -0.05) is 42.5 Å². The lowest BCUT2D eigenvalue weighted by Crippen LogP contribution is -2.44. The molecule has 1 aliphatic heterocycles. The number of thiazole rings is 1. The average Bonchev–Trinajstić information content (AvgIpc) is 3.25. The second-order valence-electron chi connectivity index (χ2n) is 6.54. The van der Waals surface area contributed by atoms with E-state index >= 15 is 0 Å². The van der Waals surface area contributed by atoms with Crippen molar-refractivity contribution >= 4 is 22.4 Å². The van der Waals surface area contributed by atoms with Gasteiger partial charge in [-0.2, -0.15) is 0 Å². The van der Waals surface area contributed by atoms with E-state index in [1.54, 1.807) is 11.3 Å². The molecule has 0 aliphatic carbocycles. The molecule has 0 spiro atoms. The van der Waals surface area contributed by atoms with Crippen LogP contribution in [0, 0.1) is 0 Å². The summed E-state index contributed by atoms with van der Waals surface area (Å²) in [6.45, 7) is 3.00. The summed E-state index contributed by atoms with van der Waals surface area (Å²) in [5.74, 6) is 1.61. The molecule has 0 saturated carbocycles. The van der Waals surface area contributed by atoms with Crippen LogP contribution in [0.25, 0.3) is 21.6 Å². The Morgan fingerprint density at radius 2 is 1.80 bits per heavy atom. The van der Waals surface area contributed by atoms with Gasteiger partial charge in [-0.05, 0) is 12.1 Å². The summed E-state index contributed by atoms with van der Waals surface area (Å²) in [4.78, 5) is 15.4. The number of imidazole rings is 1. The molecule has 0 radical (unpaired) electrons. The molecule has 4 aromatic rings. The lowest BCUT2D eigenvalue weighted by Gasteiger charge is -2.37. The van der Waals surface area contributed by atoms with Gasteiger partial charge in [-0.15, -0.1) is 11.3 Å². The van der Waals surface area contributed by atoms with Crippen LogP contribution in [0.4, 0.5) is 0 Å². The molecule has 5 rings (SSSR count). The predicted octanol–water partition coefficient (Wildman–Crippen LogP) is 4.29. The molecule has 2 aromatic carbocycles. The standard InChI is InChI=1S/C20H18N4S/c1-2-6-14(7-3-1)20-21-16(13-25-20)12-24-10-15(11-24)19-22-17-8-4-5-9-18(17)23-19/h1-9,13,15H,10-12H2,(H,22,23). The first-order chi connectivity index (χ1) is 12.3. The van der Waals surface area contributed by atoms with Crippen LogP contribution >= 0.6 is 11.3 Å². The van der Waals surface area contributed by atoms with Crippen LogP contribution in [0.1, 0.15) is 17.4 Å². The molecule has 3 heterocycles. The van der Waals surface area contributed by atoms with Crippen LogP contribution in [0.2, 0.25) is 0 Å². The molecule has 1 N–H and O–H groups in total. The minimum absolute atomic E-state index is 0.500. The number of rotatable bonds is 4. The zero-order valence-electron chi connectivity index (χ0n) is 13.7. The lowest BCUT2D eigenvalue weighted by atomic mass is 9.99. The minimum Gasteiger partial charge on any atom is -0.342 e.